The molecule has 0 spiro atoms. The summed E-state index contributed by atoms with van der Waals surface area (Å²) in [5, 5.41) is 4.15. The van der Waals surface area contributed by atoms with Gasteiger partial charge in [0.2, 0.25) is 10.0 Å². The molecule has 0 aromatic heterocycles. The molecule has 1 aliphatic carbocycles. The lowest BCUT2D eigenvalue weighted by Gasteiger charge is -2.17. The first-order valence-electron chi connectivity index (χ1n) is 9.42. The first kappa shape index (κ1) is 21.0. The predicted molar refractivity (Wildman–Crippen MR) is 114 cm³/mol. The normalized spacial score (nSPS) is 15.6. The van der Waals surface area contributed by atoms with Crippen molar-refractivity contribution in [2.45, 2.75) is 38.1 Å². The van der Waals surface area contributed by atoms with Crippen molar-refractivity contribution in [1.82, 2.24) is 9.73 Å². The summed E-state index contributed by atoms with van der Waals surface area (Å²) in [5.41, 5.74) is 6.97. The minimum atomic E-state index is -3.57. The highest BCUT2D eigenvalue weighted by Crippen LogP contribution is 2.18. The fraction of sp³-hybridized carbons (Fsp3) is 0.273. The maximum atomic E-state index is 12.7. The number of carbonyl (C=O) groups is 1. The van der Waals surface area contributed by atoms with Crippen molar-refractivity contribution in [3.8, 4) is 0 Å². The lowest BCUT2D eigenvalue weighted by atomic mass is 10.1. The Morgan fingerprint density at radius 3 is 2.28 bits per heavy atom. The van der Waals surface area contributed by atoms with Crippen molar-refractivity contribution in [2.24, 2.45) is 5.10 Å². The fourth-order valence-electron chi connectivity index (χ4n) is 3.02. The van der Waals surface area contributed by atoms with E-state index in [0.717, 1.165) is 29.7 Å². The Morgan fingerprint density at radius 2 is 1.69 bits per heavy atom. The summed E-state index contributed by atoms with van der Waals surface area (Å²) >= 11 is 0. The van der Waals surface area contributed by atoms with Gasteiger partial charge in [-0.15, -0.1) is 0 Å². The van der Waals surface area contributed by atoms with Crippen LogP contribution in [0.3, 0.4) is 0 Å². The summed E-state index contributed by atoms with van der Waals surface area (Å²) < 4.78 is 26.7. The summed E-state index contributed by atoms with van der Waals surface area (Å²) in [4.78, 5) is 12.5. The van der Waals surface area contributed by atoms with E-state index < -0.39 is 10.0 Å². The molecule has 2 aromatic rings. The third-order valence-electron chi connectivity index (χ3n) is 4.84. The van der Waals surface area contributed by atoms with E-state index in [-0.39, 0.29) is 17.3 Å². The number of nitrogens with one attached hydrogen (secondary N) is 1. The minimum absolute atomic E-state index is 0.213. The summed E-state index contributed by atoms with van der Waals surface area (Å²) in [6.07, 6.45) is 3.79. The molecule has 1 amide bonds. The van der Waals surface area contributed by atoms with Crippen molar-refractivity contribution < 1.29 is 13.2 Å². The summed E-state index contributed by atoms with van der Waals surface area (Å²) in [6.45, 7) is 4.17. The van der Waals surface area contributed by atoms with Crippen molar-refractivity contribution in [3.05, 3.63) is 76.9 Å². The van der Waals surface area contributed by atoms with Crippen LogP contribution in [0.15, 0.2) is 70.2 Å². The molecular weight excluding hydrogens is 386 g/mol. The average molecular weight is 412 g/mol. The number of benzene rings is 2. The standard InChI is InChI=1S/C22H25N3O3S/c1-16-5-12-21(13-6-16)29(27,28)25(3)15-18-7-9-19(10-8-18)22(26)24-23-20-11-4-17(2)14-20/h5-10,12-14H,4,11,15H2,1-3H3,(H,24,26). The zero-order chi connectivity index (χ0) is 21.0. The minimum Gasteiger partial charge on any atom is -0.267 e. The van der Waals surface area contributed by atoms with Gasteiger partial charge < -0.3 is 0 Å². The van der Waals surface area contributed by atoms with E-state index in [1.54, 1.807) is 55.6 Å². The molecule has 6 nitrogen and oxygen atoms in total. The topological polar surface area (TPSA) is 78.8 Å². The molecule has 0 atom stereocenters. The van der Waals surface area contributed by atoms with Gasteiger partial charge >= 0.3 is 0 Å². The van der Waals surface area contributed by atoms with Gasteiger partial charge in [-0.1, -0.05) is 35.4 Å². The van der Waals surface area contributed by atoms with E-state index in [1.807, 2.05) is 19.9 Å². The Morgan fingerprint density at radius 1 is 1.03 bits per heavy atom. The monoisotopic (exact) mass is 411 g/mol. The molecule has 0 aliphatic heterocycles. The molecule has 0 saturated heterocycles. The highest BCUT2D eigenvalue weighted by molar-refractivity contribution is 7.89. The molecule has 0 radical (unpaired) electrons. The van der Waals surface area contributed by atoms with Crippen LogP contribution in [-0.4, -0.2) is 31.4 Å². The van der Waals surface area contributed by atoms with Gasteiger partial charge in [-0.2, -0.15) is 9.41 Å². The maximum Gasteiger partial charge on any atom is 0.271 e. The Balaban J connectivity index is 1.64. The highest BCUT2D eigenvalue weighted by atomic mass is 32.2. The molecular formula is C22H25N3O3S. The molecule has 0 heterocycles. The number of aryl methyl sites for hydroxylation is 1. The van der Waals surface area contributed by atoms with Gasteiger partial charge in [-0.25, -0.2) is 13.8 Å². The van der Waals surface area contributed by atoms with E-state index >= 15 is 0 Å². The van der Waals surface area contributed by atoms with Crippen LogP contribution in [0.5, 0.6) is 0 Å². The van der Waals surface area contributed by atoms with Crippen LogP contribution in [0.25, 0.3) is 0 Å². The predicted octanol–water partition coefficient (Wildman–Crippen LogP) is 3.64. The number of carbonyl (C=O) groups excluding carboxylic acids is 1. The SMILES string of the molecule is CC1=CC(=NNC(=O)c2ccc(CN(C)S(=O)(=O)c3ccc(C)cc3)cc2)CC1. The smallest absolute Gasteiger partial charge is 0.267 e. The second-order valence-corrected chi connectivity index (χ2v) is 9.35. The van der Waals surface area contributed by atoms with Crippen molar-refractivity contribution >= 4 is 21.6 Å². The molecule has 1 N–H and O–H groups in total. The number of nitrogens with zero attached hydrogens (tertiary/aromatic N) is 2. The lowest BCUT2D eigenvalue weighted by Crippen LogP contribution is -2.26. The number of hydrogen-bond donors (Lipinski definition) is 1. The first-order chi connectivity index (χ1) is 13.8. The lowest BCUT2D eigenvalue weighted by molar-refractivity contribution is 0.0954. The van der Waals surface area contributed by atoms with Crippen LogP contribution in [0.2, 0.25) is 0 Å². The Hall–Kier alpha value is -2.77. The summed E-state index contributed by atoms with van der Waals surface area (Å²) in [6, 6.07) is 13.6. The van der Waals surface area contributed by atoms with Crippen LogP contribution >= 0.6 is 0 Å². The van der Waals surface area contributed by atoms with Crippen LogP contribution in [0.1, 0.15) is 41.3 Å². The molecule has 29 heavy (non-hydrogen) atoms. The third kappa shape index (κ3) is 5.19. The van der Waals surface area contributed by atoms with Crippen LogP contribution in [0.4, 0.5) is 0 Å². The van der Waals surface area contributed by atoms with Gasteiger partial charge in [0.25, 0.3) is 5.91 Å². The molecule has 1 aliphatic rings. The van der Waals surface area contributed by atoms with E-state index in [1.165, 1.54) is 9.88 Å². The molecule has 0 unspecified atom stereocenters. The quantitative estimate of drug-likeness (QED) is 0.737. The number of hydrogen-bond acceptors (Lipinski definition) is 4. The van der Waals surface area contributed by atoms with Crippen molar-refractivity contribution in [3.63, 3.8) is 0 Å². The van der Waals surface area contributed by atoms with Gasteiger partial charge in [-0.3, -0.25) is 4.79 Å². The van der Waals surface area contributed by atoms with Gasteiger partial charge in [0, 0.05) is 19.2 Å². The highest BCUT2D eigenvalue weighted by Gasteiger charge is 2.20. The molecule has 7 heteroatoms. The van der Waals surface area contributed by atoms with E-state index in [0.29, 0.717) is 5.56 Å². The summed E-state index contributed by atoms with van der Waals surface area (Å²) in [5.74, 6) is -0.289. The number of rotatable bonds is 6. The Bertz CT molecular complexity index is 1050. The molecule has 0 bridgehead atoms. The second-order valence-electron chi connectivity index (χ2n) is 7.31. The summed E-state index contributed by atoms with van der Waals surface area (Å²) in [7, 11) is -2.03. The third-order valence-corrected chi connectivity index (χ3v) is 6.66. The largest absolute Gasteiger partial charge is 0.271 e. The fourth-order valence-corrected chi connectivity index (χ4v) is 4.18. The molecule has 3 rings (SSSR count). The number of amides is 1. The van der Waals surface area contributed by atoms with Gasteiger partial charge in [0.05, 0.1) is 10.6 Å². The van der Waals surface area contributed by atoms with Gasteiger partial charge in [0.15, 0.2) is 0 Å². The Kier molecular flexibility index (Phi) is 6.30. The second kappa shape index (κ2) is 8.71. The molecule has 0 fully saturated rings. The maximum absolute atomic E-state index is 12.7. The average Bonchev–Trinajstić information content (AvgIpc) is 3.12. The molecule has 2 aromatic carbocycles. The Labute approximate surface area is 172 Å². The number of sulfonamides is 1. The van der Waals surface area contributed by atoms with Crippen molar-refractivity contribution in [2.75, 3.05) is 7.05 Å². The zero-order valence-corrected chi connectivity index (χ0v) is 17.7. The van der Waals surface area contributed by atoms with E-state index in [2.05, 4.69) is 10.5 Å². The molecule has 152 valence electrons. The first-order valence-corrected chi connectivity index (χ1v) is 10.9. The zero-order valence-electron chi connectivity index (χ0n) is 16.8. The van der Waals surface area contributed by atoms with Gasteiger partial charge in [-0.05, 0) is 62.6 Å². The van der Waals surface area contributed by atoms with Crippen molar-refractivity contribution in [1.29, 1.82) is 0 Å². The molecule has 0 saturated carbocycles. The van der Waals surface area contributed by atoms with Gasteiger partial charge in [0.1, 0.15) is 0 Å². The number of allylic oxidation sites excluding steroid dienone is 2. The van der Waals surface area contributed by atoms with E-state index in [9.17, 15) is 13.2 Å². The number of hydrazone groups is 1. The van der Waals surface area contributed by atoms with Crippen LogP contribution in [-0.2, 0) is 16.6 Å². The van der Waals surface area contributed by atoms with Crippen LogP contribution in [0, 0.1) is 6.92 Å². The van der Waals surface area contributed by atoms with E-state index in [4.69, 9.17) is 0 Å². The van der Waals surface area contributed by atoms with Crippen LogP contribution < -0.4 is 5.43 Å².